The van der Waals surface area contributed by atoms with Crippen molar-refractivity contribution < 1.29 is 0 Å². The first-order valence-corrected chi connectivity index (χ1v) is 3.71. The van der Waals surface area contributed by atoms with E-state index in [2.05, 4.69) is 15.0 Å². The van der Waals surface area contributed by atoms with Crippen LogP contribution in [0.25, 0.3) is 0 Å². The van der Waals surface area contributed by atoms with Crippen LogP contribution in [0, 0.1) is 13.8 Å². The number of aryl methyl sites for hydroxylation is 2. The van der Waals surface area contributed by atoms with Crippen molar-refractivity contribution in [3.05, 3.63) is 21.9 Å². The van der Waals surface area contributed by atoms with E-state index in [1.54, 1.807) is 27.0 Å². The fraction of sp³-hybridized carbons (Fsp3) is 0.375. The summed E-state index contributed by atoms with van der Waals surface area (Å²) in [5.74, 6) is 0.618. The van der Waals surface area contributed by atoms with Crippen LogP contribution in [-0.4, -0.2) is 16.2 Å². The molecule has 1 rings (SSSR count). The van der Waals surface area contributed by atoms with Crippen molar-refractivity contribution in [2.75, 3.05) is 0 Å². The normalized spacial score (nSPS) is 10.9. The van der Waals surface area contributed by atoms with Gasteiger partial charge >= 0.3 is 0 Å². The number of H-pyrrole nitrogens is 1. The number of aliphatic imine (C=N–C) groups is 1. The molecule has 1 aromatic rings. The molecule has 0 aliphatic heterocycles. The van der Waals surface area contributed by atoms with Gasteiger partial charge in [0.15, 0.2) is 0 Å². The summed E-state index contributed by atoms with van der Waals surface area (Å²) >= 11 is 0. The van der Waals surface area contributed by atoms with Gasteiger partial charge in [-0.3, -0.25) is 9.79 Å². The highest BCUT2D eigenvalue weighted by Gasteiger charge is 2.02. The van der Waals surface area contributed by atoms with E-state index in [1.807, 2.05) is 0 Å². The first-order valence-electron chi connectivity index (χ1n) is 3.71. The topological polar surface area (TPSA) is 58.1 Å². The summed E-state index contributed by atoms with van der Waals surface area (Å²) in [6, 6.07) is 0. The lowest BCUT2D eigenvalue weighted by atomic mass is 10.3. The summed E-state index contributed by atoms with van der Waals surface area (Å²) in [6.07, 6.45) is 1.58. The molecule has 0 aromatic carbocycles. The Hall–Kier alpha value is -1.45. The van der Waals surface area contributed by atoms with Gasteiger partial charge in [-0.15, -0.1) is 0 Å². The van der Waals surface area contributed by atoms with Crippen LogP contribution in [0.4, 0.5) is 5.69 Å². The van der Waals surface area contributed by atoms with Crippen molar-refractivity contribution in [3.63, 3.8) is 0 Å². The lowest BCUT2D eigenvalue weighted by Crippen LogP contribution is -2.10. The van der Waals surface area contributed by atoms with Crippen LogP contribution < -0.4 is 5.56 Å². The Morgan fingerprint density at radius 1 is 1.50 bits per heavy atom. The van der Waals surface area contributed by atoms with Crippen LogP contribution in [0.2, 0.25) is 0 Å². The second-order valence-electron chi connectivity index (χ2n) is 2.47. The van der Waals surface area contributed by atoms with Crippen molar-refractivity contribution in [3.8, 4) is 0 Å². The van der Waals surface area contributed by atoms with Gasteiger partial charge in [-0.05, 0) is 20.8 Å². The molecule has 4 heteroatoms. The minimum Gasteiger partial charge on any atom is -0.309 e. The minimum atomic E-state index is -0.182. The molecule has 12 heavy (non-hydrogen) atoms. The molecule has 64 valence electrons. The first-order chi connectivity index (χ1) is 5.65. The number of nitrogens with zero attached hydrogens (tertiary/aromatic N) is 2. The van der Waals surface area contributed by atoms with E-state index in [0.29, 0.717) is 17.2 Å². The molecule has 0 unspecified atom stereocenters. The Labute approximate surface area is 70.4 Å². The SMILES string of the molecule is C/C=N\c1c(C)nc(C)[nH]c1=O. The largest absolute Gasteiger partial charge is 0.309 e. The molecule has 0 aliphatic carbocycles. The average molecular weight is 165 g/mol. The molecule has 0 atom stereocenters. The maximum Gasteiger partial charge on any atom is 0.277 e. The summed E-state index contributed by atoms with van der Waals surface area (Å²) in [6.45, 7) is 5.27. The third-order valence-electron chi connectivity index (χ3n) is 1.45. The predicted octanol–water partition coefficient (Wildman–Crippen LogP) is 1.11. The zero-order valence-corrected chi connectivity index (χ0v) is 7.38. The fourth-order valence-electron chi connectivity index (χ4n) is 1.00. The molecule has 0 saturated heterocycles. The molecule has 0 amide bonds. The van der Waals surface area contributed by atoms with Crippen molar-refractivity contribution in [1.82, 2.24) is 9.97 Å². The number of hydrogen-bond donors (Lipinski definition) is 1. The van der Waals surface area contributed by atoms with Gasteiger partial charge in [0.25, 0.3) is 5.56 Å². The maximum absolute atomic E-state index is 11.2. The fourth-order valence-corrected chi connectivity index (χ4v) is 1.00. The Bertz CT molecular complexity index is 365. The molecular formula is C8H11N3O. The Morgan fingerprint density at radius 2 is 2.17 bits per heavy atom. The number of aromatic amines is 1. The van der Waals surface area contributed by atoms with Gasteiger partial charge < -0.3 is 4.98 Å². The van der Waals surface area contributed by atoms with Gasteiger partial charge in [0.1, 0.15) is 11.5 Å². The Morgan fingerprint density at radius 3 is 2.67 bits per heavy atom. The standard InChI is InChI=1S/C8H11N3O/c1-4-9-7-5(2)10-6(3)11-8(7)12/h4H,1-3H3,(H,10,11,12)/b9-4-. The van der Waals surface area contributed by atoms with Gasteiger partial charge in [0.05, 0.1) is 5.69 Å². The summed E-state index contributed by atoms with van der Waals surface area (Å²) in [5, 5.41) is 0. The second-order valence-corrected chi connectivity index (χ2v) is 2.47. The van der Waals surface area contributed by atoms with Gasteiger partial charge in [0, 0.05) is 6.21 Å². The molecule has 0 bridgehead atoms. The van der Waals surface area contributed by atoms with Crippen molar-refractivity contribution in [1.29, 1.82) is 0 Å². The van der Waals surface area contributed by atoms with Crippen molar-refractivity contribution in [2.45, 2.75) is 20.8 Å². The van der Waals surface area contributed by atoms with Crippen LogP contribution in [0.1, 0.15) is 18.4 Å². The van der Waals surface area contributed by atoms with E-state index in [9.17, 15) is 4.79 Å². The lowest BCUT2D eigenvalue weighted by Gasteiger charge is -1.98. The van der Waals surface area contributed by atoms with Crippen LogP contribution in [0.15, 0.2) is 9.79 Å². The highest BCUT2D eigenvalue weighted by atomic mass is 16.1. The molecule has 1 aromatic heterocycles. The molecular weight excluding hydrogens is 154 g/mol. The summed E-state index contributed by atoms with van der Waals surface area (Å²) < 4.78 is 0. The highest BCUT2D eigenvalue weighted by molar-refractivity contribution is 5.60. The zero-order chi connectivity index (χ0) is 9.14. The van der Waals surface area contributed by atoms with Crippen LogP contribution in [0.3, 0.4) is 0 Å². The maximum atomic E-state index is 11.2. The van der Waals surface area contributed by atoms with Gasteiger partial charge in [-0.1, -0.05) is 0 Å². The van der Waals surface area contributed by atoms with E-state index < -0.39 is 0 Å². The third kappa shape index (κ3) is 1.58. The molecule has 0 fully saturated rings. The van der Waals surface area contributed by atoms with Crippen LogP contribution >= 0.6 is 0 Å². The molecule has 4 nitrogen and oxygen atoms in total. The number of aromatic nitrogens is 2. The quantitative estimate of drug-likeness (QED) is 0.633. The summed E-state index contributed by atoms with van der Waals surface area (Å²) in [4.78, 5) is 21.8. The lowest BCUT2D eigenvalue weighted by molar-refractivity contribution is 0.979. The monoisotopic (exact) mass is 165 g/mol. The zero-order valence-electron chi connectivity index (χ0n) is 7.38. The van der Waals surface area contributed by atoms with Gasteiger partial charge in [0.2, 0.25) is 0 Å². The Kier molecular flexibility index (Phi) is 2.38. The van der Waals surface area contributed by atoms with E-state index >= 15 is 0 Å². The van der Waals surface area contributed by atoms with Gasteiger partial charge in [-0.25, -0.2) is 4.98 Å². The van der Waals surface area contributed by atoms with Crippen LogP contribution in [0.5, 0.6) is 0 Å². The minimum absolute atomic E-state index is 0.182. The summed E-state index contributed by atoms with van der Waals surface area (Å²) in [7, 11) is 0. The molecule has 0 aliphatic rings. The summed E-state index contributed by atoms with van der Waals surface area (Å²) in [5.41, 5.74) is 0.871. The predicted molar refractivity (Wildman–Crippen MR) is 48.2 cm³/mol. The Balaban J connectivity index is 3.38. The molecule has 1 heterocycles. The molecule has 0 radical (unpaired) electrons. The smallest absolute Gasteiger partial charge is 0.277 e. The van der Waals surface area contributed by atoms with E-state index in [1.165, 1.54) is 0 Å². The van der Waals surface area contributed by atoms with Crippen molar-refractivity contribution >= 4 is 11.9 Å². The van der Waals surface area contributed by atoms with Gasteiger partial charge in [-0.2, -0.15) is 0 Å². The molecule has 0 spiro atoms. The first kappa shape index (κ1) is 8.64. The number of hydrogen-bond acceptors (Lipinski definition) is 3. The van der Waals surface area contributed by atoms with E-state index in [0.717, 1.165) is 0 Å². The second kappa shape index (κ2) is 3.30. The van der Waals surface area contributed by atoms with Crippen LogP contribution in [-0.2, 0) is 0 Å². The number of rotatable bonds is 1. The average Bonchev–Trinajstić information content (AvgIpc) is 1.96. The van der Waals surface area contributed by atoms with E-state index in [-0.39, 0.29) is 5.56 Å². The van der Waals surface area contributed by atoms with Crippen molar-refractivity contribution in [2.24, 2.45) is 4.99 Å². The molecule has 1 N–H and O–H groups in total. The number of nitrogens with one attached hydrogen (secondary N) is 1. The van der Waals surface area contributed by atoms with E-state index in [4.69, 9.17) is 0 Å². The third-order valence-corrected chi connectivity index (χ3v) is 1.45. The highest BCUT2D eigenvalue weighted by Crippen LogP contribution is 2.07. The molecule has 0 saturated carbocycles.